The van der Waals surface area contributed by atoms with Crippen molar-refractivity contribution >= 4 is 0 Å². The molecule has 0 heterocycles. The van der Waals surface area contributed by atoms with Crippen LogP contribution in [0.1, 0.15) is 23.6 Å². The van der Waals surface area contributed by atoms with Crippen LogP contribution in [0, 0.1) is 6.92 Å². The van der Waals surface area contributed by atoms with Gasteiger partial charge in [-0.1, -0.05) is 13.0 Å². The number of phenols is 1. The van der Waals surface area contributed by atoms with Gasteiger partial charge < -0.3 is 9.84 Å². The number of phenolic OH excluding ortho intramolecular Hbond substituents is 1. The lowest BCUT2D eigenvalue weighted by atomic mass is 10.0. The van der Waals surface area contributed by atoms with E-state index >= 15 is 0 Å². The first-order valence-electron chi connectivity index (χ1n) is 4.49. The molecule has 1 aromatic rings. The molecule has 0 spiro atoms. The summed E-state index contributed by atoms with van der Waals surface area (Å²) in [7, 11) is 1.63. The molecule has 0 unspecified atom stereocenters. The average Bonchev–Trinajstić information content (AvgIpc) is 2.13. The molecular formula is C11H16O2. The number of aromatic hydroxyl groups is 1. The van der Waals surface area contributed by atoms with Crippen LogP contribution in [-0.2, 0) is 17.8 Å². The Morgan fingerprint density at radius 3 is 2.62 bits per heavy atom. The van der Waals surface area contributed by atoms with E-state index in [1.807, 2.05) is 19.1 Å². The summed E-state index contributed by atoms with van der Waals surface area (Å²) in [6.45, 7) is 4.48. The van der Waals surface area contributed by atoms with Gasteiger partial charge in [0.15, 0.2) is 0 Å². The lowest BCUT2D eigenvalue weighted by molar-refractivity contribution is 0.182. The molecule has 0 fully saturated rings. The molecule has 1 aromatic carbocycles. The highest BCUT2D eigenvalue weighted by atomic mass is 16.5. The zero-order chi connectivity index (χ0) is 9.84. The minimum atomic E-state index is 0.360. The van der Waals surface area contributed by atoms with Gasteiger partial charge in [-0.25, -0.2) is 0 Å². The molecule has 13 heavy (non-hydrogen) atoms. The molecule has 2 nitrogen and oxygen atoms in total. The van der Waals surface area contributed by atoms with Crippen molar-refractivity contribution in [2.45, 2.75) is 26.9 Å². The average molecular weight is 180 g/mol. The molecule has 0 amide bonds. The van der Waals surface area contributed by atoms with Crippen LogP contribution in [0.25, 0.3) is 0 Å². The summed E-state index contributed by atoms with van der Waals surface area (Å²) in [6, 6.07) is 4.00. The molecule has 0 aliphatic heterocycles. The highest BCUT2D eigenvalue weighted by Crippen LogP contribution is 2.24. The Morgan fingerprint density at radius 2 is 2.08 bits per heavy atom. The third kappa shape index (κ3) is 2.22. The second-order valence-electron chi connectivity index (χ2n) is 3.21. The van der Waals surface area contributed by atoms with Crippen molar-refractivity contribution in [2.24, 2.45) is 0 Å². The molecule has 0 radical (unpaired) electrons. The highest BCUT2D eigenvalue weighted by molar-refractivity contribution is 5.42. The third-order valence-electron chi connectivity index (χ3n) is 2.15. The van der Waals surface area contributed by atoms with Crippen molar-refractivity contribution in [2.75, 3.05) is 7.11 Å². The molecule has 0 saturated heterocycles. The molecule has 0 aliphatic rings. The van der Waals surface area contributed by atoms with Gasteiger partial charge in [0.2, 0.25) is 0 Å². The molecule has 0 atom stereocenters. The SMILES string of the molecule is CCc1cc(C)c(O)c(COC)c1. The van der Waals surface area contributed by atoms with Gasteiger partial charge in [0, 0.05) is 12.7 Å². The van der Waals surface area contributed by atoms with Crippen LogP contribution in [0.15, 0.2) is 12.1 Å². The molecule has 0 aromatic heterocycles. The van der Waals surface area contributed by atoms with Crippen molar-refractivity contribution in [3.8, 4) is 5.75 Å². The van der Waals surface area contributed by atoms with E-state index < -0.39 is 0 Å². The van der Waals surface area contributed by atoms with Crippen LogP contribution in [-0.4, -0.2) is 12.2 Å². The smallest absolute Gasteiger partial charge is 0.124 e. The van der Waals surface area contributed by atoms with Crippen LogP contribution >= 0.6 is 0 Å². The first-order chi connectivity index (χ1) is 6.19. The van der Waals surface area contributed by atoms with Gasteiger partial charge in [0.05, 0.1) is 6.61 Å². The lowest BCUT2D eigenvalue weighted by Gasteiger charge is -2.08. The summed E-state index contributed by atoms with van der Waals surface area (Å²) < 4.78 is 5.00. The van der Waals surface area contributed by atoms with E-state index in [0.29, 0.717) is 12.4 Å². The quantitative estimate of drug-likeness (QED) is 0.774. The van der Waals surface area contributed by atoms with Crippen LogP contribution in [0.3, 0.4) is 0 Å². The first-order valence-corrected chi connectivity index (χ1v) is 4.49. The van der Waals surface area contributed by atoms with Crippen molar-refractivity contribution in [1.82, 2.24) is 0 Å². The fraction of sp³-hybridized carbons (Fsp3) is 0.455. The van der Waals surface area contributed by atoms with E-state index in [4.69, 9.17) is 4.74 Å². The van der Waals surface area contributed by atoms with Gasteiger partial charge in [-0.05, 0) is 30.5 Å². The molecular weight excluding hydrogens is 164 g/mol. The summed E-state index contributed by atoms with van der Waals surface area (Å²) >= 11 is 0. The van der Waals surface area contributed by atoms with Crippen LogP contribution in [0.2, 0.25) is 0 Å². The second kappa shape index (κ2) is 4.28. The number of methoxy groups -OCH3 is 1. The monoisotopic (exact) mass is 180 g/mol. The zero-order valence-corrected chi connectivity index (χ0v) is 8.42. The molecule has 72 valence electrons. The fourth-order valence-corrected chi connectivity index (χ4v) is 1.40. The van der Waals surface area contributed by atoms with Gasteiger partial charge >= 0.3 is 0 Å². The molecule has 2 heteroatoms. The zero-order valence-electron chi connectivity index (χ0n) is 8.42. The molecule has 0 bridgehead atoms. The maximum atomic E-state index is 9.67. The summed E-state index contributed by atoms with van der Waals surface area (Å²) in [5, 5.41) is 9.67. The number of rotatable bonds is 3. The summed E-state index contributed by atoms with van der Waals surface area (Å²) in [5.41, 5.74) is 3.04. The van der Waals surface area contributed by atoms with Crippen LogP contribution in [0.4, 0.5) is 0 Å². The number of benzene rings is 1. The molecule has 0 saturated carbocycles. The van der Waals surface area contributed by atoms with E-state index in [2.05, 4.69) is 6.92 Å². The fourth-order valence-electron chi connectivity index (χ4n) is 1.40. The number of ether oxygens (including phenoxy) is 1. The Hall–Kier alpha value is -1.02. The van der Waals surface area contributed by atoms with Gasteiger partial charge in [0.1, 0.15) is 5.75 Å². The molecule has 1 N–H and O–H groups in total. The van der Waals surface area contributed by atoms with E-state index in [1.165, 1.54) is 5.56 Å². The number of hydrogen-bond acceptors (Lipinski definition) is 2. The van der Waals surface area contributed by atoms with E-state index in [0.717, 1.165) is 17.5 Å². The summed E-state index contributed by atoms with van der Waals surface area (Å²) in [5.74, 6) is 0.360. The second-order valence-corrected chi connectivity index (χ2v) is 3.21. The van der Waals surface area contributed by atoms with E-state index in [-0.39, 0.29) is 0 Å². The maximum absolute atomic E-state index is 9.67. The topological polar surface area (TPSA) is 29.5 Å². The third-order valence-corrected chi connectivity index (χ3v) is 2.15. The molecule has 1 rings (SSSR count). The van der Waals surface area contributed by atoms with E-state index in [9.17, 15) is 5.11 Å². The van der Waals surface area contributed by atoms with Gasteiger partial charge in [-0.3, -0.25) is 0 Å². The standard InChI is InChI=1S/C11H16O2/c1-4-9-5-8(2)11(12)10(6-9)7-13-3/h5-6,12H,4,7H2,1-3H3. The van der Waals surface area contributed by atoms with Gasteiger partial charge in [-0.15, -0.1) is 0 Å². The maximum Gasteiger partial charge on any atom is 0.124 e. The minimum absolute atomic E-state index is 0.360. The van der Waals surface area contributed by atoms with Gasteiger partial charge in [0.25, 0.3) is 0 Å². The Morgan fingerprint density at radius 1 is 1.38 bits per heavy atom. The van der Waals surface area contributed by atoms with Crippen molar-refractivity contribution in [3.63, 3.8) is 0 Å². The molecule has 0 aliphatic carbocycles. The Bertz CT molecular complexity index is 292. The van der Waals surface area contributed by atoms with E-state index in [1.54, 1.807) is 7.11 Å². The van der Waals surface area contributed by atoms with Crippen molar-refractivity contribution in [3.05, 3.63) is 28.8 Å². The largest absolute Gasteiger partial charge is 0.507 e. The van der Waals surface area contributed by atoms with Crippen LogP contribution in [0.5, 0.6) is 5.75 Å². The predicted octanol–water partition coefficient (Wildman–Crippen LogP) is 2.41. The summed E-state index contributed by atoms with van der Waals surface area (Å²) in [6.07, 6.45) is 0.984. The Kier molecular flexibility index (Phi) is 3.32. The predicted molar refractivity (Wildman–Crippen MR) is 52.9 cm³/mol. The van der Waals surface area contributed by atoms with Gasteiger partial charge in [-0.2, -0.15) is 0 Å². The lowest BCUT2D eigenvalue weighted by Crippen LogP contribution is -1.93. The van der Waals surface area contributed by atoms with Crippen molar-refractivity contribution < 1.29 is 9.84 Å². The normalized spacial score (nSPS) is 10.4. The number of aryl methyl sites for hydroxylation is 2. The Labute approximate surface area is 79.2 Å². The number of hydrogen-bond donors (Lipinski definition) is 1. The first kappa shape index (κ1) is 10.1. The highest BCUT2D eigenvalue weighted by Gasteiger charge is 2.05. The summed E-state index contributed by atoms with van der Waals surface area (Å²) in [4.78, 5) is 0. The van der Waals surface area contributed by atoms with Crippen molar-refractivity contribution in [1.29, 1.82) is 0 Å². The van der Waals surface area contributed by atoms with Crippen LogP contribution < -0.4 is 0 Å². The Balaban J connectivity index is 3.09. The minimum Gasteiger partial charge on any atom is -0.507 e.